The second-order valence-corrected chi connectivity index (χ2v) is 6.41. The van der Waals surface area contributed by atoms with E-state index < -0.39 is 6.10 Å². The van der Waals surface area contributed by atoms with Gasteiger partial charge in [-0.1, -0.05) is 12.1 Å². The smallest absolute Gasteiger partial charge is 0.266 e. The number of methoxy groups -OCH3 is 2. The van der Waals surface area contributed by atoms with Gasteiger partial charge in [-0.25, -0.2) is 4.68 Å². The minimum atomic E-state index is -0.743. The number of hydrogen-bond acceptors (Lipinski definition) is 6. The maximum absolute atomic E-state index is 12.6. The average molecular weight is 406 g/mol. The van der Waals surface area contributed by atoms with Gasteiger partial charge in [0.05, 0.1) is 38.6 Å². The first-order chi connectivity index (χ1) is 14.5. The third-order valence-electron chi connectivity index (χ3n) is 4.44. The summed E-state index contributed by atoms with van der Waals surface area (Å²) in [5.74, 6) is 1.95. The number of rotatable bonds is 8. The highest BCUT2D eigenvalue weighted by atomic mass is 16.5. The van der Waals surface area contributed by atoms with E-state index in [9.17, 15) is 4.79 Å². The van der Waals surface area contributed by atoms with E-state index >= 15 is 0 Å². The second kappa shape index (κ2) is 9.47. The molecule has 0 aliphatic rings. The van der Waals surface area contributed by atoms with Gasteiger partial charge in [-0.05, 0) is 37.3 Å². The average Bonchev–Trinajstić information content (AvgIpc) is 3.20. The molecule has 1 heterocycles. The normalized spacial score (nSPS) is 11.3. The van der Waals surface area contributed by atoms with Gasteiger partial charge in [-0.3, -0.25) is 4.79 Å². The molecule has 8 heteroatoms. The van der Waals surface area contributed by atoms with Crippen LogP contribution in [-0.2, 0) is 11.3 Å². The van der Waals surface area contributed by atoms with E-state index in [1.54, 1.807) is 62.4 Å². The highest BCUT2D eigenvalue weighted by Crippen LogP contribution is 2.31. The van der Waals surface area contributed by atoms with Crippen LogP contribution in [0.3, 0.4) is 0 Å². The van der Waals surface area contributed by atoms with E-state index in [0.29, 0.717) is 35.2 Å². The number of amides is 1. The first-order valence-corrected chi connectivity index (χ1v) is 9.25. The molecular formula is C22H22N4O4. The maximum Gasteiger partial charge on any atom is 0.266 e. The quantitative estimate of drug-likeness (QED) is 0.617. The molecule has 0 aliphatic carbocycles. The summed E-state index contributed by atoms with van der Waals surface area (Å²) in [6, 6.07) is 15.9. The minimum absolute atomic E-state index is 0.321. The van der Waals surface area contributed by atoms with Gasteiger partial charge in [0, 0.05) is 11.6 Å². The number of aromatic nitrogens is 2. The van der Waals surface area contributed by atoms with Gasteiger partial charge in [0.15, 0.2) is 17.6 Å². The van der Waals surface area contributed by atoms with Crippen molar-refractivity contribution in [3.63, 3.8) is 0 Å². The van der Waals surface area contributed by atoms with Crippen LogP contribution in [0.5, 0.6) is 17.2 Å². The lowest BCUT2D eigenvalue weighted by atomic mass is 10.2. The number of ether oxygens (including phenoxy) is 3. The summed E-state index contributed by atoms with van der Waals surface area (Å²) in [5.41, 5.74) is 1.38. The lowest BCUT2D eigenvalue weighted by Crippen LogP contribution is -2.31. The van der Waals surface area contributed by atoms with Gasteiger partial charge >= 0.3 is 0 Å². The first kappa shape index (κ1) is 20.7. The third-order valence-corrected chi connectivity index (χ3v) is 4.44. The Balaban J connectivity index is 1.69. The number of anilines is 1. The molecule has 0 bridgehead atoms. The van der Waals surface area contributed by atoms with Crippen molar-refractivity contribution < 1.29 is 19.0 Å². The van der Waals surface area contributed by atoms with Crippen molar-refractivity contribution in [3.05, 3.63) is 65.9 Å². The van der Waals surface area contributed by atoms with E-state index in [0.717, 1.165) is 5.56 Å². The molecule has 0 spiro atoms. The Labute approximate surface area is 174 Å². The molecule has 0 fully saturated rings. The number of nitrogens with one attached hydrogen (secondary N) is 1. The zero-order valence-electron chi connectivity index (χ0n) is 17.0. The van der Waals surface area contributed by atoms with E-state index in [2.05, 4.69) is 10.4 Å². The predicted octanol–water partition coefficient (Wildman–Crippen LogP) is 3.23. The van der Waals surface area contributed by atoms with Crippen LogP contribution in [0.25, 0.3) is 0 Å². The number of nitrogens with zero attached hydrogens (tertiary/aromatic N) is 3. The molecule has 1 amide bonds. The molecule has 3 aromatic rings. The Morgan fingerprint density at radius 2 is 1.93 bits per heavy atom. The Kier molecular flexibility index (Phi) is 6.55. The number of nitriles is 1. The number of benzene rings is 2. The SMILES string of the molecule is COc1cccc(Cn2nccc2NC(=O)C(C)Oc2ccc(C#N)cc2)c1OC. The van der Waals surface area contributed by atoms with Crippen LogP contribution in [0.4, 0.5) is 5.82 Å². The summed E-state index contributed by atoms with van der Waals surface area (Å²) >= 11 is 0. The number of carbonyl (C=O) groups is 1. The fraction of sp³-hybridized carbons (Fsp3) is 0.227. The maximum atomic E-state index is 12.6. The van der Waals surface area contributed by atoms with Crippen molar-refractivity contribution in [1.29, 1.82) is 5.26 Å². The third kappa shape index (κ3) is 4.70. The Morgan fingerprint density at radius 1 is 1.17 bits per heavy atom. The number of hydrogen-bond donors (Lipinski definition) is 1. The monoisotopic (exact) mass is 406 g/mol. The second-order valence-electron chi connectivity index (χ2n) is 6.41. The van der Waals surface area contributed by atoms with Crippen molar-refractivity contribution in [2.24, 2.45) is 0 Å². The summed E-state index contributed by atoms with van der Waals surface area (Å²) in [4.78, 5) is 12.6. The molecule has 0 aliphatic heterocycles. The van der Waals surface area contributed by atoms with Crippen molar-refractivity contribution in [2.45, 2.75) is 19.6 Å². The first-order valence-electron chi connectivity index (χ1n) is 9.25. The molecule has 1 aromatic heterocycles. The number of carbonyl (C=O) groups excluding carboxylic acids is 1. The lowest BCUT2D eigenvalue weighted by Gasteiger charge is -2.16. The summed E-state index contributed by atoms with van der Waals surface area (Å²) in [7, 11) is 3.16. The van der Waals surface area contributed by atoms with E-state index in [1.165, 1.54) is 0 Å². The van der Waals surface area contributed by atoms with Crippen LogP contribution in [0.1, 0.15) is 18.1 Å². The predicted molar refractivity (Wildman–Crippen MR) is 111 cm³/mol. The van der Waals surface area contributed by atoms with Gasteiger partial charge in [0.25, 0.3) is 5.91 Å². The highest BCUT2D eigenvalue weighted by Gasteiger charge is 2.18. The molecule has 0 radical (unpaired) electrons. The molecule has 1 N–H and O–H groups in total. The molecule has 0 saturated carbocycles. The van der Waals surface area contributed by atoms with Crippen molar-refractivity contribution in [1.82, 2.24) is 9.78 Å². The van der Waals surface area contributed by atoms with Crippen LogP contribution in [0.15, 0.2) is 54.7 Å². The topological polar surface area (TPSA) is 98.4 Å². The molecule has 2 aromatic carbocycles. The van der Waals surface area contributed by atoms with Crippen molar-refractivity contribution in [3.8, 4) is 23.3 Å². The largest absolute Gasteiger partial charge is 0.493 e. The minimum Gasteiger partial charge on any atom is -0.493 e. The van der Waals surface area contributed by atoms with E-state index in [-0.39, 0.29) is 5.91 Å². The van der Waals surface area contributed by atoms with Gasteiger partial charge in [0.2, 0.25) is 0 Å². The molecule has 8 nitrogen and oxygen atoms in total. The van der Waals surface area contributed by atoms with Crippen molar-refractivity contribution in [2.75, 3.05) is 19.5 Å². The standard InChI is InChI=1S/C22H22N4O4/c1-15(30-18-9-7-16(13-23)8-10-18)22(27)25-20-11-12-24-26(20)14-17-5-4-6-19(28-2)21(17)29-3/h4-12,15H,14H2,1-3H3,(H,25,27). The zero-order valence-corrected chi connectivity index (χ0v) is 17.0. The van der Waals surface area contributed by atoms with Crippen LogP contribution in [0, 0.1) is 11.3 Å². The van der Waals surface area contributed by atoms with Gasteiger partial charge in [-0.2, -0.15) is 10.4 Å². The summed E-state index contributed by atoms with van der Waals surface area (Å²) < 4.78 is 18.1. The molecule has 3 rings (SSSR count). The van der Waals surface area contributed by atoms with Gasteiger partial charge < -0.3 is 19.5 Å². The molecule has 1 unspecified atom stereocenters. The highest BCUT2D eigenvalue weighted by molar-refractivity contribution is 5.93. The Morgan fingerprint density at radius 3 is 2.60 bits per heavy atom. The van der Waals surface area contributed by atoms with Crippen LogP contribution in [0.2, 0.25) is 0 Å². The summed E-state index contributed by atoms with van der Waals surface area (Å²) in [6.07, 6.45) is 0.863. The van der Waals surface area contributed by atoms with Crippen LogP contribution >= 0.6 is 0 Å². The molecule has 154 valence electrons. The fourth-order valence-electron chi connectivity index (χ4n) is 2.90. The van der Waals surface area contributed by atoms with Crippen molar-refractivity contribution >= 4 is 11.7 Å². The fourth-order valence-corrected chi connectivity index (χ4v) is 2.90. The van der Waals surface area contributed by atoms with Gasteiger partial charge in [-0.15, -0.1) is 0 Å². The Hall–Kier alpha value is -3.99. The summed E-state index contributed by atoms with van der Waals surface area (Å²) in [6.45, 7) is 2.03. The molecule has 1 atom stereocenters. The summed E-state index contributed by atoms with van der Waals surface area (Å²) in [5, 5.41) is 16.0. The number of para-hydroxylation sites is 1. The Bertz CT molecular complexity index is 1050. The zero-order chi connectivity index (χ0) is 21.5. The van der Waals surface area contributed by atoms with E-state index in [1.807, 2.05) is 24.3 Å². The molecular weight excluding hydrogens is 384 g/mol. The van der Waals surface area contributed by atoms with Gasteiger partial charge in [0.1, 0.15) is 11.6 Å². The molecule has 0 saturated heterocycles. The van der Waals surface area contributed by atoms with Crippen LogP contribution in [-0.4, -0.2) is 36.0 Å². The lowest BCUT2D eigenvalue weighted by molar-refractivity contribution is -0.122. The van der Waals surface area contributed by atoms with Crippen LogP contribution < -0.4 is 19.5 Å². The molecule has 30 heavy (non-hydrogen) atoms. The van der Waals surface area contributed by atoms with E-state index in [4.69, 9.17) is 19.5 Å².